The van der Waals surface area contributed by atoms with Gasteiger partial charge in [0.2, 0.25) is 0 Å². The first kappa shape index (κ1) is 11.2. The Morgan fingerprint density at radius 3 is 2.94 bits per heavy atom. The molecule has 1 aliphatic rings. The quantitative estimate of drug-likeness (QED) is 0.772. The maximum absolute atomic E-state index is 4.50. The molecular weight excluding hydrogens is 198 g/mol. The van der Waals surface area contributed by atoms with Crippen LogP contribution in [-0.2, 0) is 0 Å². The third-order valence-corrected chi connectivity index (χ3v) is 3.04. The van der Waals surface area contributed by atoms with Crippen LogP contribution in [-0.4, -0.2) is 24.6 Å². The fourth-order valence-electron chi connectivity index (χ4n) is 2.12. The van der Waals surface area contributed by atoms with Crippen LogP contribution in [0.3, 0.4) is 0 Å². The minimum Gasteiger partial charge on any atom is -0.382 e. The Kier molecular flexibility index (Phi) is 4.03. The molecule has 0 saturated carbocycles. The summed E-state index contributed by atoms with van der Waals surface area (Å²) >= 11 is 0. The first-order valence-electron chi connectivity index (χ1n) is 6.35. The molecule has 0 aliphatic carbocycles. The van der Waals surface area contributed by atoms with Gasteiger partial charge in [0.15, 0.2) is 5.82 Å². The molecule has 0 unspecified atom stereocenters. The van der Waals surface area contributed by atoms with Crippen LogP contribution < -0.4 is 10.2 Å². The Hall–Kier alpha value is -1.25. The first-order chi connectivity index (χ1) is 7.92. The van der Waals surface area contributed by atoms with Gasteiger partial charge in [-0.25, -0.2) is 4.98 Å². The molecule has 0 atom stereocenters. The maximum atomic E-state index is 4.50. The summed E-state index contributed by atoms with van der Waals surface area (Å²) in [6.07, 6.45) is 6.93. The van der Waals surface area contributed by atoms with Crippen LogP contribution in [0.2, 0.25) is 0 Å². The first-order valence-corrected chi connectivity index (χ1v) is 6.35. The van der Waals surface area contributed by atoms with Crippen molar-refractivity contribution >= 4 is 11.5 Å². The van der Waals surface area contributed by atoms with Crippen molar-refractivity contribution in [1.82, 2.24) is 4.98 Å². The van der Waals surface area contributed by atoms with Gasteiger partial charge in [-0.3, -0.25) is 0 Å². The van der Waals surface area contributed by atoms with Crippen molar-refractivity contribution < 1.29 is 0 Å². The number of hydrogen-bond acceptors (Lipinski definition) is 3. The Morgan fingerprint density at radius 1 is 1.38 bits per heavy atom. The molecule has 0 spiro atoms. The van der Waals surface area contributed by atoms with Gasteiger partial charge in [0.25, 0.3) is 0 Å². The van der Waals surface area contributed by atoms with Crippen LogP contribution >= 0.6 is 0 Å². The van der Waals surface area contributed by atoms with E-state index in [1.165, 1.54) is 31.4 Å². The summed E-state index contributed by atoms with van der Waals surface area (Å²) < 4.78 is 0. The van der Waals surface area contributed by atoms with E-state index < -0.39 is 0 Å². The van der Waals surface area contributed by atoms with E-state index in [0.717, 1.165) is 25.5 Å². The minimum atomic E-state index is 1.04. The number of aromatic nitrogens is 1. The largest absolute Gasteiger partial charge is 0.382 e. The van der Waals surface area contributed by atoms with Crippen molar-refractivity contribution in [3.8, 4) is 0 Å². The Balaban J connectivity index is 2.04. The lowest BCUT2D eigenvalue weighted by Crippen LogP contribution is -2.20. The number of rotatable bonds is 5. The highest BCUT2D eigenvalue weighted by Gasteiger charge is 2.16. The molecule has 2 rings (SSSR count). The molecule has 1 aliphatic heterocycles. The van der Waals surface area contributed by atoms with Crippen LogP contribution in [0.5, 0.6) is 0 Å². The van der Waals surface area contributed by atoms with Crippen molar-refractivity contribution in [2.75, 3.05) is 29.9 Å². The van der Waals surface area contributed by atoms with Gasteiger partial charge in [-0.2, -0.15) is 0 Å². The molecule has 1 fully saturated rings. The van der Waals surface area contributed by atoms with Crippen molar-refractivity contribution in [2.45, 2.75) is 32.6 Å². The van der Waals surface area contributed by atoms with Crippen molar-refractivity contribution in [3.05, 3.63) is 18.3 Å². The molecule has 88 valence electrons. The fraction of sp³-hybridized carbons (Fsp3) is 0.615. The molecule has 1 saturated heterocycles. The zero-order valence-electron chi connectivity index (χ0n) is 10.1. The van der Waals surface area contributed by atoms with E-state index in [4.69, 9.17) is 0 Å². The number of anilines is 2. The van der Waals surface area contributed by atoms with E-state index in [-0.39, 0.29) is 0 Å². The van der Waals surface area contributed by atoms with Gasteiger partial charge in [-0.05, 0) is 31.4 Å². The topological polar surface area (TPSA) is 28.2 Å². The summed E-state index contributed by atoms with van der Waals surface area (Å²) in [6.45, 7) is 5.56. The molecule has 3 nitrogen and oxygen atoms in total. The van der Waals surface area contributed by atoms with Gasteiger partial charge in [-0.1, -0.05) is 13.3 Å². The average Bonchev–Trinajstić information content (AvgIpc) is 2.83. The van der Waals surface area contributed by atoms with E-state index >= 15 is 0 Å². The van der Waals surface area contributed by atoms with Gasteiger partial charge >= 0.3 is 0 Å². The Morgan fingerprint density at radius 2 is 2.19 bits per heavy atom. The Labute approximate surface area is 97.9 Å². The molecular formula is C13H21N3. The van der Waals surface area contributed by atoms with Gasteiger partial charge in [-0.15, -0.1) is 0 Å². The number of pyridine rings is 1. The molecule has 0 radical (unpaired) electrons. The molecule has 1 aromatic heterocycles. The smallest absolute Gasteiger partial charge is 0.151 e. The third-order valence-electron chi connectivity index (χ3n) is 3.04. The summed E-state index contributed by atoms with van der Waals surface area (Å²) in [5, 5.41) is 3.49. The molecule has 0 amide bonds. The van der Waals surface area contributed by atoms with Crippen molar-refractivity contribution in [3.63, 3.8) is 0 Å². The van der Waals surface area contributed by atoms with Crippen molar-refractivity contribution in [1.29, 1.82) is 0 Å². The SMILES string of the molecule is CCCCNc1cccnc1N1CCCC1. The van der Waals surface area contributed by atoms with Crippen molar-refractivity contribution in [2.24, 2.45) is 0 Å². The lowest BCUT2D eigenvalue weighted by atomic mass is 10.3. The van der Waals surface area contributed by atoms with Crippen LogP contribution in [0.25, 0.3) is 0 Å². The number of hydrogen-bond donors (Lipinski definition) is 1. The highest BCUT2D eigenvalue weighted by molar-refractivity contribution is 5.65. The monoisotopic (exact) mass is 219 g/mol. The number of nitrogens with one attached hydrogen (secondary N) is 1. The number of nitrogens with zero attached hydrogens (tertiary/aromatic N) is 2. The normalized spacial score (nSPS) is 15.4. The maximum Gasteiger partial charge on any atom is 0.151 e. The zero-order valence-corrected chi connectivity index (χ0v) is 10.1. The summed E-state index contributed by atoms with van der Waals surface area (Å²) in [6, 6.07) is 4.14. The van der Waals surface area contributed by atoms with E-state index in [0.29, 0.717) is 0 Å². The summed E-state index contributed by atoms with van der Waals surface area (Å²) in [5.41, 5.74) is 1.19. The van der Waals surface area contributed by atoms with E-state index in [9.17, 15) is 0 Å². The second-order valence-electron chi connectivity index (χ2n) is 4.35. The van der Waals surface area contributed by atoms with Crippen LogP contribution in [0.1, 0.15) is 32.6 Å². The second kappa shape index (κ2) is 5.73. The highest BCUT2D eigenvalue weighted by Crippen LogP contribution is 2.25. The lowest BCUT2D eigenvalue weighted by molar-refractivity contribution is 0.831. The predicted molar refractivity (Wildman–Crippen MR) is 69.1 cm³/mol. The minimum absolute atomic E-state index is 1.04. The standard InChI is InChI=1S/C13H21N3/c1-2-3-8-14-12-7-6-9-15-13(12)16-10-4-5-11-16/h6-7,9,14H,2-5,8,10-11H2,1H3. The molecule has 16 heavy (non-hydrogen) atoms. The summed E-state index contributed by atoms with van der Waals surface area (Å²) in [4.78, 5) is 6.89. The number of unbranched alkanes of at least 4 members (excludes halogenated alkanes) is 1. The molecule has 1 N–H and O–H groups in total. The molecule has 1 aromatic rings. The molecule has 0 bridgehead atoms. The van der Waals surface area contributed by atoms with Crippen LogP contribution in [0, 0.1) is 0 Å². The highest BCUT2D eigenvalue weighted by atomic mass is 15.2. The van der Waals surface area contributed by atoms with E-state index in [1.54, 1.807) is 0 Å². The van der Waals surface area contributed by atoms with Gasteiger partial charge in [0.05, 0.1) is 5.69 Å². The van der Waals surface area contributed by atoms with Gasteiger partial charge in [0.1, 0.15) is 0 Å². The Bertz CT molecular complexity index is 319. The average molecular weight is 219 g/mol. The van der Waals surface area contributed by atoms with Gasteiger partial charge < -0.3 is 10.2 Å². The summed E-state index contributed by atoms with van der Waals surface area (Å²) in [5.74, 6) is 1.14. The third kappa shape index (κ3) is 2.65. The molecule has 2 heterocycles. The van der Waals surface area contributed by atoms with E-state index in [1.807, 2.05) is 12.3 Å². The van der Waals surface area contributed by atoms with Crippen LogP contribution in [0.15, 0.2) is 18.3 Å². The predicted octanol–water partition coefficient (Wildman–Crippen LogP) is 2.89. The second-order valence-corrected chi connectivity index (χ2v) is 4.35. The molecule has 3 heteroatoms. The van der Waals surface area contributed by atoms with E-state index in [2.05, 4.69) is 28.2 Å². The summed E-state index contributed by atoms with van der Waals surface area (Å²) in [7, 11) is 0. The molecule has 0 aromatic carbocycles. The van der Waals surface area contributed by atoms with Crippen LogP contribution in [0.4, 0.5) is 11.5 Å². The zero-order chi connectivity index (χ0) is 11.2. The fourth-order valence-corrected chi connectivity index (χ4v) is 2.12. The lowest BCUT2D eigenvalue weighted by Gasteiger charge is -2.20. The van der Waals surface area contributed by atoms with Gasteiger partial charge in [0, 0.05) is 25.8 Å².